The zero-order chi connectivity index (χ0) is 22.0. The largest absolute Gasteiger partial charge is 0.464 e. The first kappa shape index (κ1) is 21.0. The number of aromatic amines is 1. The third-order valence-corrected chi connectivity index (χ3v) is 4.41. The molecule has 0 fully saturated rings. The number of hydrogen-bond acceptors (Lipinski definition) is 6. The molecule has 0 saturated heterocycles. The minimum Gasteiger partial charge on any atom is -0.464 e. The molecule has 0 atom stereocenters. The number of pyridine rings is 2. The summed E-state index contributed by atoms with van der Waals surface area (Å²) < 4.78 is 24.8. The lowest BCUT2D eigenvalue weighted by Crippen LogP contribution is -2.11. The SMILES string of the molecule is CC.COC(=O)c1nc(F)cc2cc(-c3ccc(-c4c(C)on(C)c4=O)cn3)[nH]c12. The maximum Gasteiger partial charge on any atom is 0.358 e. The zero-order valence-corrected chi connectivity index (χ0v) is 17.2. The number of esters is 1. The van der Waals surface area contributed by atoms with Crippen LogP contribution >= 0.6 is 0 Å². The molecule has 4 rings (SSSR count). The van der Waals surface area contributed by atoms with Crippen molar-refractivity contribution in [3.8, 4) is 22.5 Å². The zero-order valence-electron chi connectivity index (χ0n) is 17.2. The third-order valence-electron chi connectivity index (χ3n) is 4.41. The van der Waals surface area contributed by atoms with Gasteiger partial charge in [0.05, 0.1) is 29.6 Å². The molecule has 0 aliphatic carbocycles. The molecular formula is C21H21FN4O4. The van der Waals surface area contributed by atoms with Gasteiger partial charge in [-0.25, -0.2) is 9.78 Å². The summed E-state index contributed by atoms with van der Waals surface area (Å²) in [6.45, 7) is 5.71. The van der Waals surface area contributed by atoms with Gasteiger partial charge in [0.15, 0.2) is 5.69 Å². The van der Waals surface area contributed by atoms with Crippen molar-refractivity contribution in [2.24, 2.45) is 7.05 Å². The van der Waals surface area contributed by atoms with Gasteiger partial charge in [0.25, 0.3) is 5.56 Å². The van der Waals surface area contributed by atoms with Crippen molar-refractivity contribution in [3.05, 3.63) is 58.2 Å². The fourth-order valence-corrected chi connectivity index (χ4v) is 3.11. The molecule has 4 aromatic heterocycles. The molecule has 8 nitrogen and oxygen atoms in total. The number of nitrogens with one attached hydrogen (secondary N) is 1. The number of nitrogens with zero attached hydrogens (tertiary/aromatic N) is 3. The highest BCUT2D eigenvalue weighted by atomic mass is 19.1. The number of halogens is 1. The molecule has 0 aliphatic heterocycles. The van der Waals surface area contributed by atoms with Crippen LogP contribution in [0, 0.1) is 12.9 Å². The highest BCUT2D eigenvalue weighted by molar-refractivity contribution is 6.02. The van der Waals surface area contributed by atoms with E-state index in [-0.39, 0.29) is 11.3 Å². The van der Waals surface area contributed by atoms with Crippen LogP contribution in [0.15, 0.2) is 39.8 Å². The van der Waals surface area contributed by atoms with Crippen LogP contribution in [0.25, 0.3) is 33.4 Å². The van der Waals surface area contributed by atoms with Crippen LogP contribution in [-0.2, 0) is 11.8 Å². The smallest absolute Gasteiger partial charge is 0.358 e. The first-order valence-corrected chi connectivity index (χ1v) is 9.30. The van der Waals surface area contributed by atoms with Crippen molar-refractivity contribution in [2.75, 3.05) is 7.11 Å². The van der Waals surface area contributed by atoms with Crippen molar-refractivity contribution in [1.82, 2.24) is 19.7 Å². The Kier molecular flexibility index (Phi) is 5.81. The van der Waals surface area contributed by atoms with Crippen molar-refractivity contribution < 1.29 is 18.4 Å². The fraction of sp³-hybridized carbons (Fsp3) is 0.238. The molecule has 0 aliphatic rings. The molecule has 0 bridgehead atoms. The minimum absolute atomic E-state index is 0.141. The van der Waals surface area contributed by atoms with Crippen molar-refractivity contribution in [1.29, 1.82) is 0 Å². The van der Waals surface area contributed by atoms with Gasteiger partial charge in [-0.3, -0.25) is 9.78 Å². The molecule has 0 saturated carbocycles. The van der Waals surface area contributed by atoms with Crippen molar-refractivity contribution >= 4 is 16.9 Å². The summed E-state index contributed by atoms with van der Waals surface area (Å²) in [5.41, 5.74) is 2.14. The van der Waals surface area contributed by atoms with Gasteiger partial charge in [-0.1, -0.05) is 19.9 Å². The summed E-state index contributed by atoms with van der Waals surface area (Å²) in [6.07, 6.45) is 1.56. The molecule has 9 heteroatoms. The Hall–Kier alpha value is -3.75. The average molecular weight is 412 g/mol. The summed E-state index contributed by atoms with van der Waals surface area (Å²) in [4.78, 5) is 35.1. The van der Waals surface area contributed by atoms with Gasteiger partial charge in [0.2, 0.25) is 5.95 Å². The Morgan fingerprint density at radius 3 is 2.57 bits per heavy atom. The lowest BCUT2D eigenvalue weighted by Gasteiger charge is -2.01. The Morgan fingerprint density at radius 2 is 2.00 bits per heavy atom. The molecule has 0 spiro atoms. The molecular weight excluding hydrogens is 391 g/mol. The first-order valence-electron chi connectivity index (χ1n) is 9.30. The molecule has 0 radical (unpaired) electrons. The first-order chi connectivity index (χ1) is 14.4. The summed E-state index contributed by atoms with van der Waals surface area (Å²) >= 11 is 0. The van der Waals surface area contributed by atoms with E-state index in [1.165, 1.54) is 20.2 Å². The predicted octanol–water partition coefficient (Wildman–Crippen LogP) is 3.84. The summed E-state index contributed by atoms with van der Waals surface area (Å²) in [6, 6.07) is 6.34. The summed E-state index contributed by atoms with van der Waals surface area (Å²) in [5.74, 6) is -1.03. The second-order valence-corrected chi connectivity index (χ2v) is 6.19. The van der Waals surface area contributed by atoms with Crippen LogP contribution in [0.2, 0.25) is 0 Å². The molecule has 0 aromatic carbocycles. The van der Waals surface area contributed by atoms with Crippen molar-refractivity contribution in [3.63, 3.8) is 0 Å². The fourth-order valence-electron chi connectivity index (χ4n) is 3.11. The van der Waals surface area contributed by atoms with E-state index in [1.807, 2.05) is 13.8 Å². The van der Waals surface area contributed by atoms with E-state index < -0.39 is 11.9 Å². The number of H-pyrrole nitrogens is 1. The van der Waals surface area contributed by atoms with E-state index in [4.69, 9.17) is 4.52 Å². The topological polar surface area (TPSA) is 103 Å². The van der Waals surface area contributed by atoms with Crippen LogP contribution in [-0.4, -0.2) is 32.8 Å². The molecule has 4 heterocycles. The maximum absolute atomic E-state index is 13.7. The van der Waals surface area contributed by atoms with Crippen LogP contribution in [0.4, 0.5) is 4.39 Å². The molecule has 0 unspecified atom stereocenters. The van der Waals surface area contributed by atoms with Gasteiger partial charge in [-0.2, -0.15) is 9.13 Å². The second-order valence-electron chi connectivity index (χ2n) is 6.19. The van der Waals surface area contributed by atoms with Gasteiger partial charge < -0.3 is 14.2 Å². The predicted molar refractivity (Wildman–Crippen MR) is 110 cm³/mol. The van der Waals surface area contributed by atoms with E-state index in [2.05, 4.69) is 19.7 Å². The summed E-state index contributed by atoms with van der Waals surface area (Å²) in [5, 5.41) is 0.466. The number of carbonyl (C=O) groups is 1. The van der Waals surface area contributed by atoms with E-state index in [9.17, 15) is 14.0 Å². The number of fused-ring (bicyclic) bond motifs is 1. The Balaban J connectivity index is 0.00000124. The molecule has 0 amide bonds. The Labute approximate surface area is 171 Å². The number of aryl methyl sites for hydroxylation is 2. The normalized spacial score (nSPS) is 10.6. The van der Waals surface area contributed by atoms with Gasteiger partial charge in [0.1, 0.15) is 5.76 Å². The molecule has 4 aromatic rings. The van der Waals surface area contributed by atoms with Crippen LogP contribution in [0.1, 0.15) is 30.1 Å². The number of aromatic nitrogens is 4. The Bertz CT molecular complexity index is 1270. The van der Waals surface area contributed by atoms with E-state index in [1.54, 1.807) is 31.3 Å². The molecule has 1 N–H and O–H groups in total. The van der Waals surface area contributed by atoms with Gasteiger partial charge in [-0.15, -0.1) is 0 Å². The Morgan fingerprint density at radius 1 is 1.27 bits per heavy atom. The second kappa shape index (κ2) is 8.32. The number of hydrogen-bond donors (Lipinski definition) is 1. The monoisotopic (exact) mass is 412 g/mol. The quantitative estimate of drug-likeness (QED) is 0.405. The molecule has 30 heavy (non-hydrogen) atoms. The van der Waals surface area contributed by atoms with Gasteiger partial charge >= 0.3 is 5.97 Å². The maximum atomic E-state index is 13.7. The number of rotatable bonds is 3. The van der Waals surface area contributed by atoms with Gasteiger partial charge in [-0.05, 0) is 19.1 Å². The lowest BCUT2D eigenvalue weighted by molar-refractivity contribution is 0.0595. The molecule has 156 valence electrons. The van der Waals surface area contributed by atoms with Gasteiger partial charge in [0, 0.05) is 30.3 Å². The van der Waals surface area contributed by atoms with E-state index >= 15 is 0 Å². The number of carbonyl (C=O) groups excluding carboxylic acids is 1. The van der Waals surface area contributed by atoms with E-state index in [0.29, 0.717) is 39.2 Å². The van der Waals surface area contributed by atoms with Crippen LogP contribution in [0.3, 0.4) is 0 Å². The standard InChI is InChI=1S/C19H15FN4O4.C2H6/c1-9-15(18(25)24(2)28-9)10-4-5-12(21-8-10)13-6-11-7-14(20)23-17(16(11)22-13)19(26)27-3;1-2/h4-8,22H,1-3H3;1-2H3. The highest BCUT2D eigenvalue weighted by Crippen LogP contribution is 2.27. The van der Waals surface area contributed by atoms with Crippen LogP contribution < -0.4 is 5.56 Å². The third kappa shape index (κ3) is 3.61. The summed E-state index contributed by atoms with van der Waals surface area (Å²) in [7, 11) is 2.74. The highest BCUT2D eigenvalue weighted by Gasteiger charge is 2.18. The minimum atomic E-state index is -0.784. The average Bonchev–Trinajstić information content (AvgIpc) is 3.28. The van der Waals surface area contributed by atoms with Crippen LogP contribution in [0.5, 0.6) is 0 Å². The van der Waals surface area contributed by atoms with Crippen molar-refractivity contribution in [2.45, 2.75) is 20.8 Å². The number of ether oxygens (including phenoxy) is 1. The number of methoxy groups -OCH3 is 1. The lowest BCUT2D eigenvalue weighted by atomic mass is 10.1. The van der Waals surface area contributed by atoms with E-state index in [0.717, 1.165) is 4.74 Å².